The first-order valence-electron chi connectivity index (χ1n) is 10.8. The third kappa shape index (κ3) is 4.50. The molecular weight excluding hydrogens is 376 g/mol. The molecule has 0 unspecified atom stereocenters. The third-order valence-corrected chi connectivity index (χ3v) is 5.79. The quantitative estimate of drug-likeness (QED) is 0.743. The monoisotopic (exact) mass is 406 g/mol. The Hall–Kier alpha value is -2.82. The van der Waals surface area contributed by atoms with Crippen molar-refractivity contribution < 1.29 is 14.3 Å². The predicted octanol–water partition coefficient (Wildman–Crippen LogP) is 4.32. The van der Waals surface area contributed by atoms with E-state index in [1.54, 1.807) is 0 Å². The van der Waals surface area contributed by atoms with E-state index in [1.165, 1.54) is 5.56 Å². The van der Waals surface area contributed by atoms with Gasteiger partial charge in [-0.1, -0.05) is 37.6 Å². The Balaban J connectivity index is 1.59. The van der Waals surface area contributed by atoms with Gasteiger partial charge in [0.2, 0.25) is 11.8 Å². The second-order valence-electron chi connectivity index (χ2n) is 8.74. The van der Waals surface area contributed by atoms with Crippen molar-refractivity contribution in [3.05, 3.63) is 59.2 Å². The predicted molar refractivity (Wildman–Crippen MR) is 117 cm³/mol. The molecule has 0 atom stereocenters. The largest absolute Gasteiger partial charge is 0.491 e. The molecule has 1 saturated carbocycles. The fourth-order valence-corrected chi connectivity index (χ4v) is 3.84. The topological polar surface area (TPSA) is 49.9 Å². The molecule has 4 rings (SSSR count). The van der Waals surface area contributed by atoms with Crippen LogP contribution in [0.4, 0.5) is 5.69 Å². The SMILES string of the molecule is Cc1ccc(N(Cc2ccc3c(c2)CN(C(=O)C2CC2)CCO3)C(=O)C(C)C)cc1. The minimum atomic E-state index is -0.0953. The fourth-order valence-electron chi connectivity index (χ4n) is 3.84. The van der Waals surface area contributed by atoms with Gasteiger partial charge in [0.15, 0.2) is 0 Å². The number of anilines is 1. The summed E-state index contributed by atoms with van der Waals surface area (Å²) in [4.78, 5) is 29.3. The second kappa shape index (κ2) is 8.50. The van der Waals surface area contributed by atoms with Gasteiger partial charge in [-0.15, -0.1) is 0 Å². The Bertz CT molecular complexity index is 932. The van der Waals surface area contributed by atoms with Crippen molar-refractivity contribution in [3.8, 4) is 5.75 Å². The first-order valence-corrected chi connectivity index (χ1v) is 10.8. The van der Waals surface area contributed by atoms with Crippen LogP contribution in [0.1, 0.15) is 43.4 Å². The number of ether oxygens (including phenoxy) is 1. The highest BCUT2D eigenvalue weighted by atomic mass is 16.5. The zero-order chi connectivity index (χ0) is 21.3. The molecule has 0 bridgehead atoms. The molecular formula is C25H30N2O3. The first kappa shape index (κ1) is 20.5. The molecule has 5 heteroatoms. The van der Waals surface area contributed by atoms with Crippen LogP contribution in [-0.4, -0.2) is 29.9 Å². The van der Waals surface area contributed by atoms with Gasteiger partial charge >= 0.3 is 0 Å². The van der Waals surface area contributed by atoms with Gasteiger partial charge in [-0.05, 0) is 49.6 Å². The van der Waals surface area contributed by atoms with Gasteiger partial charge in [0.25, 0.3) is 0 Å². The third-order valence-electron chi connectivity index (χ3n) is 5.79. The highest BCUT2D eigenvalue weighted by molar-refractivity contribution is 5.94. The van der Waals surface area contributed by atoms with Crippen molar-refractivity contribution in [2.75, 3.05) is 18.1 Å². The summed E-state index contributed by atoms with van der Waals surface area (Å²) < 4.78 is 5.90. The molecule has 2 amide bonds. The number of fused-ring (bicyclic) bond motifs is 1. The number of carbonyl (C=O) groups is 2. The summed E-state index contributed by atoms with van der Waals surface area (Å²) in [5.41, 5.74) is 4.11. The number of rotatable bonds is 5. The smallest absolute Gasteiger partial charge is 0.229 e. The maximum absolute atomic E-state index is 12.9. The molecule has 158 valence electrons. The molecule has 1 heterocycles. The Kier molecular flexibility index (Phi) is 5.80. The Morgan fingerprint density at radius 2 is 1.87 bits per heavy atom. The van der Waals surface area contributed by atoms with Gasteiger partial charge in [-0.2, -0.15) is 0 Å². The summed E-state index contributed by atoms with van der Waals surface area (Å²) in [6.45, 7) is 8.10. The van der Waals surface area contributed by atoms with Gasteiger partial charge < -0.3 is 14.5 Å². The van der Waals surface area contributed by atoms with E-state index in [0.717, 1.165) is 35.4 Å². The van der Waals surface area contributed by atoms with E-state index in [0.29, 0.717) is 26.2 Å². The lowest BCUT2D eigenvalue weighted by Gasteiger charge is -2.26. The molecule has 0 spiro atoms. The van der Waals surface area contributed by atoms with E-state index in [4.69, 9.17) is 4.74 Å². The zero-order valence-corrected chi connectivity index (χ0v) is 18.1. The number of carbonyl (C=O) groups excluding carboxylic acids is 2. The van der Waals surface area contributed by atoms with Crippen molar-refractivity contribution in [1.29, 1.82) is 0 Å². The average molecular weight is 407 g/mol. The molecule has 0 saturated heterocycles. The average Bonchev–Trinajstić information content (AvgIpc) is 3.58. The number of amides is 2. The molecule has 2 aromatic rings. The van der Waals surface area contributed by atoms with Crippen LogP contribution < -0.4 is 9.64 Å². The number of hydrogen-bond donors (Lipinski definition) is 0. The Morgan fingerprint density at radius 3 is 2.53 bits per heavy atom. The lowest BCUT2D eigenvalue weighted by Crippen LogP contribution is -2.34. The minimum absolute atomic E-state index is 0.0931. The van der Waals surface area contributed by atoms with E-state index < -0.39 is 0 Å². The molecule has 1 aliphatic heterocycles. The summed E-state index contributed by atoms with van der Waals surface area (Å²) in [6, 6.07) is 14.1. The van der Waals surface area contributed by atoms with Crippen LogP contribution in [0.2, 0.25) is 0 Å². The molecule has 2 aliphatic rings. The fraction of sp³-hybridized carbons (Fsp3) is 0.440. The van der Waals surface area contributed by atoms with E-state index in [1.807, 2.05) is 67.0 Å². The number of benzene rings is 2. The van der Waals surface area contributed by atoms with Crippen molar-refractivity contribution in [2.24, 2.45) is 11.8 Å². The molecule has 5 nitrogen and oxygen atoms in total. The van der Waals surface area contributed by atoms with Gasteiger partial charge in [-0.25, -0.2) is 0 Å². The summed E-state index contributed by atoms with van der Waals surface area (Å²) in [7, 11) is 0. The second-order valence-corrected chi connectivity index (χ2v) is 8.74. The van der Waals surface area contributed by atoms with Crippen LogP contribution in [0, 0.1) is 18.8 Å². The molecule has 2 aromatic carbocycles. The first-order chi connectivity index (χ1) is 14.4. The van der Waals surface area contributed by atoms with E-state index in [2.05, 4.69) is 6.07 Å². The van der Waals surface area contributed by atoms with Crippen LogP contribution in [0.15, 0.2) is 42.5 Å². The Labute approximate surface area is 178 Å². The summed E-state index contributed by atoms with van der Waals surface area (Å²) in [6.07, 6.45) is 2.01. The van der Waals surface area contributed by atoms with Crippen LogP contribution in [0.25, 0.3) is 0 Å². The highest BCUT2D eigenvalue weighted by Gasteiger charge is 2.34. The molecule has 0 N–H and O–H groups in total. The van der Waals surface area contributed by atoms with Crippen molar-refractivity contribution >= 4 is 17.5 Å². The molecule has 0 aromatic heterocycles. The van der Waals surface area contributed by atoms with E-state index >= 15 is 0 Å². The van der Waals surface area contributed by atoms with Crippen molar-refractivity contribution in [2.45, 2.75) is 46.7 Å². The van der Waals surface area contributed by atoms with E-state index in [9.17, 15) is 9.59 Å². The summed E-state index contributed by atoms with van der Waals surface area (Å²) in [5, 5.41) is 0. The maximum atomic E-state index is 12.9. The molecule has 0 radical (unpaired) electrons. The lowest BCUT2D eigenvalue weighted by atomic mass is 10.1. The summed E-state index contributed by atoms with van der Waals surface area (Å²) >= 11 is 0. The zero-order valence-electron chi connectivity index (χ0n) is 18.1. The van der Waals surface area contributed by atoms with Crippen LogP contribution in [-0.2, 0) is 22.7 Å². The molecule has 1 fully saturated rings. The van der Waals surface area contributed by atoms with E-state index in [-0.39, 0.29) is 23.7 Å². The minimum Gasteiger partial charge on any atom is -0.491 e. The lowest BCUT2D eigenvalue weighted by molar-refractivity contribution is -0.133. The number of aryl methyl sites for hydroxylation is 1. The molecule has 30 heavy (non-hydrogen) atoms. The highest BCUT2D eigenvalue weighted by Crippen LogP contribution is 2.33. The van der Waals surface area contributed by atoms with Gasteiger partial charge in [-0.3, -0.25) is 9.59 Å². The Morgan fingerprint density at radius 1 is 1.13 bits per heavy atom. The molecule has 1 aliphatic carbocycles. The van der Waals surface area contributed by atoms with Crippen LogP contribution in [0.3, 0.4) is 0 Å². The van der Waals surface area contributed by atoms with Gasteiger partial charge in [0.1, 0.15) is 12.4 Å². The maximum Gasteiger partial charge on any atom is 0.229 e. The standard InChI is InChI=1S/C25H30N2O3/c1-17(2)24(28)27(22-9-4-18(3)5-10-22)15-19-6-11-23-21(14-19)16-26(12-13-30-23)25(29)20-7-8-20/h4-6,9-11,14,17,20H,7-8,12-13,15-16H2,1-3H3. The normalized spacial score (nSPS) is 15.9. The number of nitrogens with zero attached hydrogens (tertiary/aromatic N) is 2. The van der Waals surface area contributed by atoms with Crippen LogP contribution in [0.5, 0.6) is 5.75 Å². The van der Waals surface area contributed by atoms with Crippen molar-refractivity contribution in [3.63, 3.8) is 0 Å². The van der Waals surface area contributed by atoms with Crippen LogP contribution >= 0.6 is 0 Å². The van der Waals surface area contributed by atoms with Gasteiger partial charge in [0.05, 0.1) is 13.1 Å². The summed E-state index contributed by atoms with van der Waals surface area (Å²) in [5.74, 6) is 1.28. The van der Waals surface area contributed by atoms with Gasteiger partial charge in [0, 0.05) is 29.6 Å². The number of hydrogen-bond acceptors (Lipinski definition) is 3. The van der Waals surface area contributed by atoms with Crippen molar-refractivity contribution in [1.82, 2.24) is 4.90 Å².